The summed E-state index contributed by atoms with van der Waals surface area (Å²) < 4.78 is 11.8. The Morgan fingerprint density at radius 2 is 1.53 bits per heavy atom. The van der Waals surface area contributed by atoms with Crippen molar-refractivity contribution in [3.63, 3.8) is 0 Å². The number of rotatable bonds is 2. The van der Waals surface area contributed by atoms with E-state index in [0.29, 0.717) is 0 Å². The van der Waals surface area contributed by atoms with Gasteiger partial charge in [0.15, 0.2) is 0 Å². The summed E-state index contributed by atoms with van der Waals surface area (Å²) in [5, 5.41) is 17.6. The van der Waals surface area contributed by atoms with E-state index in [0.717, 1.165) is 0 Å². The second-order valence-corrected chi connectivity index (χ2v) is 5.69. The molecule has 1 unspecified atom stereocenters. The SMILES string of the molecule is CCS(=O)c1c(Cl)c(C#N)c(Cl)c(Cl)c1C#N. The highest BCUT2D eigenvalue weighted by molar-refractivity contribution is 7.85. The highest BCUT2D eigenvalue weighted by atomic mass is 35.5. The molecule has 1 rings (SSSR count). The summed E-state index contributed by atoms with van der Waals surface area (Å²) in [4.78, 5) is 0.0719. The first-order valence-corrected chi connectivity index (χ1v) is 6.83. The van der Waals surface area contributed by atoms with E-state index in [9.17, 15) is 4.21 Å². The zero-order chi connectivity index (χ0) is 13.2. The highest BCUT2D eigenvalue weighted by Crippen LogP contribution is 2.39. The number of nitriles is 2. The van der Waals surface area contributed by atoms with Gasteiger partial charge >= 0.3 is 0 Å². The smallest absolute Gasteiger partial charge is 0.102 e. The van der Waals surface area contributed by atoms with E-state index in [1.54, 1.807) is 13.0 Å². The van der Waals surface area contributed by atoms with Crippen LogP contribution in [0, 0.1) is 22.7 Å². The molecule has 0 aliphatic rings. The van der Waals surface area contributed by atoms with Crippen molar-refractivity contribution in [2.75, 3.05) is 5.75 Å². The lowest BCUT2D eigenvalue weighted by molar-refractivity contribution is 0.683. The lowest BCUT2D eigenvalue weighted by Gasteiger charge is -2.10. The van der Waals surface area contributed by atoms with Gasteiger partial charge in [-0.3, -0.25) is 4.21 Å². The van der Waals surface area contributed by atoms with Crippen molar-refractivity contribution in [1.29, 1.82) is 10.5 Å². The molecule has 0 N–H and O–H groups in total. The molecule has 0 saturated heterocycles. The van der Waals surface area contributed by atoms with Crippen LogP contribution in [0.2, 0.25) is 15.1 Å². The molecule has 0 amide bonds. The van der Waals surface area contributed by atoms with Crippen LogP contribution in [0.5, 0.6) is 0 Å². The molecule has 0 saturated carbocycles. The minimum absolute atomic E-state index is 0.0409. The van der Waals surface area contributed by atoms with E-state index in [4.69, 9.17) is 45.3 Å². The quantitative estimate of drug-likeness (QED) is 0.785. The number of benzene rings is 1. The second kappa shape index (κ2) is 5.71. The average molecular weight is 308 g/mol. The Kier molecular flexibility index (Phi) is 4.80. The van der Waals surface area contributed by atoms with Crippen molar-refractivity contribution in [2.24, 2.45) is 0 Å². The van der Waals surface area contributed by atoms with E-state index < -0.39 is 10.8 Å². The molecule has 7 heteroatoms. The molecule has 0 bridgehead atoms. The van der Waals surface area contributed by atoms with Gasteiger partial charge in [0.2, 0.25) is 0 Å². The van der Waals surface area contributed by atoms with E-state index >= 15 is 0 Å². The molecule has 0 aliphatic heterocycles. The van der Waals surface area contributed by atoms with Gasteiger partial charge in [0.25, 0.3) is 0 Å². The van der Waals surface area contributed by atoms with Gasteiger partial charge in [-0.2, -0.15) is 10.5 Å². The standard InChI is InChI=1S/C10H5Cl3N2OS/c1-2-17(16)10-6(4-15)8(12)7(11)5(3-14)9(10)13/h2H2,1H3. The van der Waals surface area contributed by atoms with Gasteiger partial charge < -0.3 is 0 Å². The molecule has 0 radical (unpaired) electrons. The van der Waals surface area contributed by atoms with Crippen molar-refractivity contribution in [2.45, 2.75) is 11.8 Å². The Morgan fingerprint density at radius 1 is 1.06 bits per heavy atom. The predicted molar refractivity (Wildman–Crippen MR) is 67.9 cm³/mol. The van der Waals surface area contributed by atoms with Crippen LogP contribution in [-0.4, -0.2) is 9.96 Å². The molecule has 1 aromatic carbocycles. The molecule has 1 atom stereocenters. The number of hydrogen-bond donors (Lipinski definition) is 0. The number of nitrogens with zero attached hydrogens (tertiary/aromatic N) is 2. The fourth-order valence-electron chi connectivity index (χ4n) is 1.19. The largest absolute Gasteiger partial charge is 0.254 e. The fraction of sp³-hybridized carbons (Fsp3) is 0.200. The third-order valence-corrected chi connectivity index (χ3v) is 4.72. The van der Waals surface area contributed by atoms with Crippen molar-refractivity contribution in [3.05, 3.63) is 26.2 Å². The summed E-state index contributed by atoms with van der Waals surface area (Å²) in [6.07, 6.45) is 0. The maximum atomic E-state index is 11.8. The normalized spacial score (nSPS) is 11.6. The first-order valence-electron chi connectivity index (χ1n) is 4.38. The summed E-state index contributed by atoms with van der Waals surface area (Å²) in [5.41, 5.74) is -0.102. The molecule has 0 aliphatic carbocycles. The third-order valence-electron chi connectivity index (χ3n) is 1.99. The van der Waals surface area contributed by atoms with E-state index in [1.165, 1.54) is 0 Å². The summed E-state index contributed by atoms with van der Waals surface area (Å²) >= 11 is 17.6. The monoisotopic (exact) mass is 306 g/mol. The molecular weight excluding hydrogens is 303 g/mol. The summed E-state index contributed by atoms with van der Waals surface area (Å²) in [6.45, 7) is 1.67. The van der Waals surface area contributed by atoms with Gasteiger partial charge in [0.05, 0.1) is 41.9 Å². The van der Waals surface area contributed by atoms with Crippen LogP contribution in [-0.2, 0) is 10.8 Å². The lowest BCUT2D eigenvalue weighted by Crippen LogP contribution is -2.02. The van der Waals surface area contributed by atoms with Crippen LogP contribution in [0.4, 0.5) is 0 Å². The van der Waals surface area contributed by atoms with Crippen LogP contribution in [0.1, 0.15) is 18.1 Å². The molecule has 3 nitrogen and oxygen atoms in total. The first kappa shape index (κ1) is 14.3. The molecule has 1 aromatic rings. The predicted octanol–water partition coefficient (Wildman–Crippen LogP) is 3.52. The van der Waals surface area contributed by atoms with E-state index in [2.05, 4.69) is 0 Å². The highest BCUT2D eigenvalue weighted by Gasteiger charge is 2.24. The van der Waals surface area contributed by atoms with Crippen molar-refractivity contribution >= 4 is 45.6 Å². The van der Waals surface area contributed by atoms with Crippen LogP contribution in [0.3, 0.4) is 0 Å². The Bertz CT molecular complexity index is 587. The van der Waals surface area contributed by atoms with Crippen molar-refractivity contribution in [3.8, 4) is 12.1 Å². The molecule has 17 heavy (non-hydrogen) atoms. The average Bonchev–Trinajstić information content (AvgIpc) is 2.33. The first-order chi connectivity index (χ1) is 7.99. The second-order valence-electron chi connectivity index (χ2n) is 2.88. The van der Waals surface area contributed by atoms with Crippen molar-refractivity contribution in [1.82, 2.24) is 0 Å². The summed E-state index contributed by atoms with van der Waals surface area (Å²) in [5.74, 6) is 0.261. The van der Waals surface area contributed by atoms with E-state index in [1.807, 2.05) is 6.07 Å². The van der Waals surface area contributed by atoms with Gasteiger partial charge in [-0.05, 0) is 0 Å². The Labute approximate surface area is 116 Å². The van der Waals surface area contributed by atoms with Crippen molar-refractivity contribution < 1.29 is 4.21 Å². The Balaban J connectivity index is 3.83. The van der Waals surface area contributed by atoms with E-state index in [-0.39, 0.29) is 36.8 Å². The topological polar surface area (TPSA) is 64.7 Å². The van der Waals surface area contributed by atoms with Gasteiger partial charge in [-0.15, -0.1) is 0 Å². The molecule has 88 valence electrons. The zero-order valence-corrected chi connectivity index (χ0v) is 11.6. The van der Waals surface area contributed by atoms with Crippen LogP contribution in [0.25, 0.3) is 0 Å². The summed E-state index contributed by atoms with van der Waals surface area (Å²) in [7, 11) is -1.49. The molecule has 0 heterocycles. The lowest BCUT2D eigenvalue weighted by atomic mass is 10.1. The Morgan fingerprint density at radius 3 is 1.94 bits per heavy atom. The fourth-order valence-corrected chi connectivity index (χ4v) is 3.22. The minimum Gasteiger partial charge on any atom is -0.254 e. The van der Waals surface area contributed by atoms with Crippen LogP contribution >= 0.6 is 34.8 Å². The summed E-state index contributed by atoms with van der Waals surface area (Å²) in [6, 6.07) is 3.59. The van der Waals surface area contributed by atoms with Gasteiger partial charge in [-0.25, -0.2) is 0 Å². The minimum atomic E-state index is -1.49. The molecular formula is C10H5Cl3N2OS. The maximum absolute atomic E-state index is 11.8. The molecule has 0 aromatic heterocycles. The zero-order valence-electron chi connectivity index (χ0n) is 8.55. The van der Waals surface area contributed by atoms with Gasteiger partial charge in [-0.1, -0.05) is 41.7 Å². The van der Waals surface area contributed by atoms with Crippen LogP contribution < -0.4 is 0 Å². The van der Waals surface area contributed by atoms with Gasteiger partial charge in [0.1, 0.15) is 12.1 Å². The maximum Gasteiger partial charge on any atom is 0.102 e. The Hall–Kier alpha value is -0.780. The number of halogens is 3. The molecule has 0 fully saturated rings. The third kappa shape index (κ3) is 2.41. The van der Waals surface area contributed by atoms with Gasteiger partial charge in [0, 0.05) is 5.75 Å². The number of hydrogen-bond acceptors (Lipinski definition) is 3. The van der Waals surface area contributed by atoms with Crippen LogP contribution in [0.15, 0.2) is 4.90 Å². The molecule has 0 spiro atoms.